The van der Waals surface area contributed by atoms with E-state index < -0.39 is 0 Å². The Hall–Kier alpha value is -5.81. The van der Waals surface area contributed by atoms with Crippen molar-refractivity contribution in [3.63, 3.8) is 0 Å². The predicted octanol–water partition coefficient (Wildman–Crippen LogP) is 12.0. The van der Waals surface area contributed by atoms with Crippen LogP contribution in [0.3, 0.4) is 0 Å². The van der Waals surface area contributed by atoms with Crippen LogP contribution >= 0.6 is 0 Å². The maximum atomic E-state index is 4.92. The third kappa shape index (κ3) is 6.14. The van der Waals surface area contributed by atoms with E-state index in [1.165, 1.54) is 27.6 Å². The van der Waals surface area contributed by atoms with Crippen LogP contribution in [0, 0.1) is 0 Å². The molecule has 0 aliphatic carbocycles. The Balaban J connectivity index is 1.20. The Kier molecular flexibility index (Phi) is 7.94. The van der Waals surface area contributed by atoms with E-state index in [0.717, 1.165) is 46.3 Å². The third-order valence-corrected chi connectivity index (χ3v) is 9.99. The second-order valence-corrected chi connectivity index (χ2v) is 15.6. The molecule has 0 amide bonds. The molecule has 2 aromatic heterocycles. The molecule has 0 saturated carbocycles. The smallest absolute Gasteiger partial charge is 0.137 e. The number of rotatable bonds is 6. The van der Waals surface area contributed by atoms with E-state index in [9.17, 15) is 0 Å². The standard InChI is InChI=1S/C46H45N5/c1-45(2,3)33-19-21-35(22-20-33)48-27-28-49(32-48)37-15-12-16-38(30-37)50(36-13-8-7-9-14-36)39-23-24-41-40-17-10-11-18-42(40)51(43(41)31-39)44-29-34(25-26-47-44)46(4,5)6/h7-31H,32H2,1-6H3. The van der Waals surface area contributed by atoms with Crippen LogP contribution in [0.1, 0.15) is 52.7 Å². The van der Waals surface area contributed by atoms with Crippen LogP contribution in [-0.4, -0.2) is 16.2 Å². The van der Waals surface area contributed by atoms with Gasteiger partial charge in [0.25, 0.3) is 0 Å². The van der Waals surface area contributed by atoms with Crippen LogP contribution in [0.5, 0.6) is 0 Å². The van der Waals surface area contributed by atoms with Crippen molar-refractivity contribution in [3.05, 3.63) is 163 Å². The van der Waals surface area contributed by atoms with Crippen molar-refractivity contribution in [2.75, 3.05) is 21.4 Å². The summed E-state index contributed by atoms with van der Waals surface area (Å²) in [5, 5.41) is 2.42. The fourth-order valence-corrected chi connectivity index (χ4v) is 7.09. The molecule has 5 aromatic carbocycles. The van der Waals surface area contributed by atoms with E-state index in [4.69, 9.17) is 4.98 Å². The maximum absolute atomic E-state index is 4.92. The molecule has 0 atom stereocenters. The Bertz CT molecular complexity index is 2370. The first-order valence-corrected chi connectivity index (χ1v) is 17.8. The summed E-state index contributed by atoms with van der Waals surface area (Å²) in [6.07, 6.45) is 6.28. The molecule has 0 N–H and O–H groups in total. The van der Waals surface area contributed by atoms with E-state index in [0.29, 0.717) is 0 Å². The van der Waals surface area contributed by atoms with Gasteiger partial charge in [-0.05, 0) is 94.8 Å². The lowest BCUT2D eigenvalue weighted by Crippen LogP contribution is -2.24. The highest BCUT2D eigenvalue weighted by atomic mass is 15.3. The van der Waals surface area contributed by atoms with Crippen LogP contribution in [0.25, 0.3) is 27.6 Å². The molecule has 0 fully saturated rings. The number of para-hydroxylation sites is 2. The van der Waals surface area contributed by atoms with Gasteiger partial charge in [0.1, 0.15) is 5.82 Å². The molecule has 0 radical (unpaired) electrons. The topological polar surface area (TPSA) is 27.5 Å². The molecule has 5 nitrogen and oxygen atoms in total. The molecule has 0 saturated heterocycles. The summed E-state index contributed by atoms with van der Waals surface area (Å²) in [5.74, 6) is 0.928. The van der Waals surface area contributed by atoms with Crippen molar-refractivity contribution in [3.8, 4) is 5.82 Å². The van der Waals surface area contributed by atoms with Crippen LogP contribution in [0.2, 0.25) is 0 Å². The summed E-state index contributed by atoms with van der Waals surface area (Å²) >= 11 is 0. The molecular weight excluding hydrogens is 623 g/mol. The summed E-state index contributed by atoms with van der Waals surface area (Å²) < 4.78 is 2.32. The molecule has 0 unspecified atom stereocenters. The van der Waals surface area contributed by atoms with Gasteiger partial charge < -0.3 is 14.7 Å². The zero-order valence-electron chi connectivity index (χ0n) is 30.4. The summed E-state index contributed by atoms with van der Waals surface area (Å²) in [5.41, 5.74) is 10.6. The largest absolute Gasteiger partial charge is 0.328 e. The van der Waals surface area contributed by atoms with Gasteiger partial charge in [0, 0.05) is 57.8 Å². The number of nitrogens with zero attached hydrogens (tertiary/aromatic N) is 5. The van der Waals surface area contributed by atoms with E-state index >= 15 is 0 Å². The van der Waals surface area contributed by atoms with Crippen LogP contribution in [-0.2, 0) is 10.8 Å². The van der Waals surface area contributed by atoms with Gasteiger partial charge in [-0.1, -0.05) is 102 Å². The molecule has 1 aliphatic rings. The van der Waals surface area contributed by atoms with E-state index in [2.05, 4.69) is 207 Å². The Labute approximate surface area is 301 Å². The van der Waals surface area contributed by atoms with Gasteiger partial charge >= 0.3 is 0 Å². The monoisotopic (exact) mass is 667 g/mol. The molecule has 0 bridgehead atoms. The highest BCUT2D eigenvalue weighted by Crippen LogP contribution is 2.41. The highest BCUT2D eigenvalue weighted by molar-refractivity contribution is 6.10. The van der Waals surface area contributed by atoms with Gasteiger partial charge in [0.2, 0.25) is 0 Å². The minimum Gasteiger partial charge on any atom is -0.328 e. The van der Waals surface area contributed by atoms with Crippen LogP contribution in [0.15, 0.2) is 152 Å². The molecular formula is C46H45N5. The van der Waals surface area contributed by atoms with E-state index in [1.807, 2.05) is 6.20 Å². The molecule has 51 heavy (non-hydrogen) atoms. The Morgan fingerprint density at radius 1 is 0.510 bits per heavy atom. The van der Waals surface area contributed by atoms with Crippen molar-refractivity contribution in [1.82, 2.24) is 9.55 Å². The molecule has 8 rings (SSSR count). The SMILES string of the molecule is CC(C)(C)c1ccc(N2C=CN(c3cccc(N(c4ccccc4)c4ccc5c6ccccc6n(-c6cc(C(C)(C)C)ccn6)c5c4)c3)C2)cc1. The van der Waals surface area contributed by atoms with E-state index in [1.54, 1.807) is 0 Å². The number of benzene rings is 5. The van der Waals surface area contributed by atoms with E-state index in [-0.39, 0.29) is 10.8 Å². The lowest BCUT2D eigenvalue weighted by atomic mass is 9.87. The fourth-order valence-electron chi connectivity index (χ4n) is 7.09. The van der Waals surface area contributed by atoms with Crippen LogP contribution in [0.4, 0.5) is 28.4 Å². The number of hydrogen-bond donors (Lipinski definition) is 0. The molecule has 3 heterocycles. The average molecular weight is 668 g/mol. The summed E-state index contributed by atoms with van der Waals surface area (Å²) in [6.45, 7) is 14.3. The fraction of sp³-hybridized carbons (Fsp3) is 0.196. The second kappa shape index (κ2) is 12.5. The normalized spacial score (nSPS) is 13.5. The van der Waals surface area contributed by atoms with Crippen molar-refractivity contribution >= 4 is 50.2 Å². The highest BCUT2D eigenvalue weighted by Gasteiger charge is 2.22. The lowest BCUT2D eigenvalue weighted by molar-refractivity contribution is 0.588. The van der Waals surface area contributed by atoms with Crippen molar-refractivity contribution in [2.45, 2.75) is 52.4 Å². The lowest BCUT2D eigenvalue weighted by Gasteiger charge is -2.28. The van der Waals surface area contributed by atoms with Crippen molar-refractivity contribution in [1.29, 1.82) is 0 Å². The first-order chi connectivity index (χ1) is 24.5. The number of fused-ring (bicyclic) bond motifs is 3. The van der Waals surface area contributed by atoms with Crippen molar-refractivity contribution < 1.29 is 0 Å². The average Bonchev–Trinajstić information content (AvgIpc) is 3.76. The van der Waals surface area contributed by atoms with Crippen molar-refractivity contribution in [2.24, 2.45) is 0 Å². The quantitative estimate of drug-likeness (QED) is 0.176. The Morgan fingerprint density at radius 2 is 1.16 bits per heavy atom. The second-order valence-electron chi connectivity index (χ2n) is 15.6. The first-order valence-electron chi connectivity index (χ1n) is 17.8. The van der Waals surface area contributed by atoms with Gasteiger partial charge in [0.15, 0.2) is 0 Å². The predicted molar refractivity (Wildman–Crippen MR) is 216 cm³/mol. The third-order valence-electron chi connectivity index (χ3n) is 9.99. The summed E-state index contributed by atoms with van der Waals surface area (Å²) in [7, 11) is 0. The number of pyridine rings is 1. The zero-order valence-corrected chi connectivity index (χ0v) is 30.4. The Morgan fingerprint density at radius 3 is 1.90 bits per heavy atom. The maximum Gasteiger partial charge on any atom is 0.137 e. The number of aromatic nitrogens is 2. The number of hydrogen-bond acceptors (Lipinski definition) is 4. The minimum absolute atomic E-state index is 0.00911. The van der Waals surface area contributed by atoms with Crippen LogP contribution < -0.4 is 14.7 Å². The zero-order chi connectivity index (χ0) is 35.3. The molecule has 7 aromatic rings. The van der Waals surface area contributed by atoms with Gasteiger partial charge in [-0.3, -0.25) is 4.57 Å². The summed E-state index contributed by atoms with van der Waals surface area (Å²) in [4.78, 5) is 11.9. The number of anilines is 5. The minimum atomic E-state index is 0.00911. The van der Waals surface area contributed by atoms with Gasteiger partial charge in [-0.2, -0.15) is 0 Å². The van der Waals surface area contributed by atoms with Gasteiger partial charge in [-0.15, -0.1) is 0 Å². The van der Waals surface area contributed by atoms with Gasteiger partial charge in [0.05, 0.1) is 17.7 Å². The molecule has 1 aliphatic heterocycles. The molecule has 254 valence electrons. The first kappa shape index (κ1) is 32.4. The van der Waals surface area contributed by atoms with Gasteiger partial charge in [-0.25, -0.2) is 4.98 Å². The molecule has 5 heteroatoms. The summed E-state index contributed by atoms with van der Waals surface area (Å²) in [6, 6.07) is 48.3. The molecule has 0 spiro atoms.